The summed E-state index contributed by atoms with van der Waals surface area (Å²) in [5.41, 5.74) is 1.15. The first-order chi connectivity index (χ1) is 8.56. The fourth-order valence-electron chi connectivity index (χ4n) is 1.58. The van der Waals surface area contributed by atoms with Gasteiger partial charge in [-0.2, -0.15) is 0 Å². The predicted octanol–water partition coefficient (Wildman–Crippen LogP) is 5.37. The molecule has 0 saturated heterocycles. The predicted molar refractivity (Wildman–Crippen MR) is 76.3 cm³/mol. The molecule has 2 rings (SSSR count). The van der Waals surface area contributed by atoms with Crippen molar-refractivity contribution in [3.8, 4) is 16.9 Å². The summed E-state index contributed by atoms with van der Waals surface area (Å²) in [6, 6.07) is 3.28. The Hall–Kier alpha value is -0.670. The Balaban J connectivity index is 2.77. The molecule has 0 aliphatic heterocycles. The van der Waals surface area contributed by atoms with E-state index < -0.39 is 0 Å². The zero-order valence-electron chi connectivity index (χ0n) is 9.18. The number of pyridine rings is 1. The molecule has 1 aromatic carbocycles. The summed E-state index contributed by atoms with van der Waals surface area (Å²) in [6.07, 6.45) is 3.06. The number of nitrogens with zero attached hydrogens (tertiary/aromatic N) is 1. The summed E-state index contributed by atoms with van der Waals surface area (Å²) in [6.45, 7) is 0. The van der Waals surface area contributed by atoms with E-state index in [1.807, 2.05) is 0 Å². The van der Waals surface area contributed by atoms with Crippen LogP contribution in [0.3, 0.4) is 0 Å². The lowest BCUT2D eigenvalue weighted by molar-refractivity contribution is 0.416. The smallest absolute Gasteiger partial charge is 0.148 e. The molecule has 0 unspecified atom stereocenters. The van der Waals surface area contributed by atoms with E-state index in [-0.39, 0.29) is 0 Å². The van der Waals surface area contributed by atoms with Gasteiger partial charge >= 0.3 is 0 Å². The van der Waals surface area contributed by atoms with Gasteiger partial charge in [0.15, 0.2) is 0 Å². The van der Waals surface area contributed by atoms with E-state index in [0.29, 0.717) is 37.0 Å². The third-order valence-electron chi connectivity index (χ3n) is 2.37. The first kappa shape index (κ1) is 13.8. The minimum absolute atomic E-state index is 0.339. The van der Waals surface area contributed by atoms with Gasteiger partial charge in [0.2, 0.25) is 0 Å². The first-order valence-electron chi connectivity index (χ1n) is 4.87. The monoisotopic (exact) mass is 321 g/mol. The van der Waals surface area contributed by atoms with E-state index in [4.69, 9.17) is 51.1 Å². The molecule has 2 nitrogen and oxygen atoms in total. The second-order valence-corrected chi connectivity index (χ2v) is 5.02. The van der Waals surface area contributed by atoms with Crippen LogP contribution in [0.4, 0.5) is 0 Å². The lowest BCUT2D eigenvalue weighted by Gasteiger charge is -2.13. The van der Waals surface area contributed by atoms with Crippen LogP contribution in [0.15, 0.2) is 24.5 Å². The number of hydrogen-bond donors (Lipinski definition) is 0. The molecule has 0 bridgehead atoms. The maximum Gasteiger partial charge on any atom is 0.148 e. The average molecular weight is 323 g/mol. The van der Waals surface area contributed by atoms with Crippen molar-refractivity contribution >= 4 is 46.4 Å². The Morgan fingerprint density at radius 1 is 0.944 bits per heavy atom. The molecule has 0 amide bonds. The molecule has 0 N–H and O–H groups in total. The molecule has 6 heteroatoms. The quantitative estimate of drug-likeness (QED) is 0.693. The number of rotatable bonds is 2. The van der Waals surface area contributed by atoms with Gasteiger partial charge in [0.1, 0.15) is 10.8 Å². The van der Waals surface area contributed by atoms with Crippen LogP contribution in [-0.2, 0) is 0 Å². The minimum Gasteiger partial charge on any atom is -0.494 e. The Morgan fingerprint density at radius 2 is 1.61 bits per heavy atom. The van der Waals surface area contributed by atoms with Crippen molar-refractivity contribution in [1.29, 1.82) is 0 Å². The van der Waals surface area contributed by atoms with Gasteiger partial charge in [0.25, 0.3) is 0 Å². The van der Waals surface area contributed by atoms with Crippen LogP contribution in [-0.4, -0.2) is 12.1 Å². The number of benzene rings is 1. The fourth-order valence-corrected chi connectivity index (χ4v) is 2.55. The van der Waals surface area contributed by atoms with Crippen LogP contribution in [0.25, 0.3) is 11.1 Å². The van der Waals surface area contributed by atoms with Gasteiger partial charge in [0, 0.05) is 23.5 Å². The van der Waals surface area contributed by atoms with E-state index in [0.717, 1.165) is 0 Å². The molecule has 2 aromatic rings. The van der Waals surface area contributed by atoms with Crippen LogP contribution in [0, 0.1) is 0 Å². The number of methoxy groups -OCH3 is 1. The summed E-state index contributed by atoms with van der Waals surface area (Å²) in [5, 5.41) is 1.57. The number of ether oxygens (including phenoxy) is 1. The molecule has 1 aromatic heterocycles. The lowest BCUT2D eigenvalue weighted by Crippen LogP contribution is -1.92. The molecular weight excluding hydrogens is 316 g/mol. The van der Waals surface area contributed by atoms with Crippen LogP contribution in [0.5, 0.6) is 5.75 Å². The maximum atomic E-state index is 6.17. The van der Waals surface area contributed by atoms with E-state index in [1.54, 1.807) is 18.3 Å². The van der Waals surface area contributed by atoms with Crippen molar-refractivity contribution < 1.29 is 4.74 Å². The van der Waals surface area contributed by atoms with Gasteiger partial charge < -0.3 is 4.74 Å². The molecule has 0 aliphatic carbocycles. The fraction of sp³-hybridized carbons (Fsp3) is 0.0833. The molecule has 0 atom stereocenters. The topological polar surface area (TPSA) is 22.1 Å². The number of hydrogen-bond acceptors (Lipinski definition) is 2. The molecule has 0 aliphatic rings. The zero-order chi connectivity index (χ0) is 13.3. The van der Waals surface area contributed by atoms with Crippen molar-refractivity contribution in [2.45, 2.75) is 0 Å². The molecule has 0 saturated carbocycles. The number of halogens is 4. The Bertz CT molecular complexity index is 601. The van der Waals surface area contributed by atoms with Crippen LogP contribution in [0.1, 0.15) is 0 Å². The second-order valence-electron chi connectivity index (χ2n) is 3.42. The Morgan fingerprint density at radius 3 is 2.28 bits per heavy atom. The Labute approximate surface area is 124 Å². The summed E-state index contributed by atoms with van der Waals surface area (Å²) in [4.78, 5) is 4.01. The van der Waals surface area contributed by atoms with Gasteiger partial charge in [-0.05, 0) is 12.1 Å². The number of aromatic nitrogens is 1. The zero-order valence-corrected chi connectivity index (χ0v) is 12.2. The summed E-state index contributed by atoms with van der Waals surface area (Å²) in [5.74, 6) is 0.456. The van der Waals surface area contributed by atoms with E-state index >= 15 is 0 Å². The van der Waals surface area contributed by atoms with Crippen molar-refractivity contribution in [2.24, 2.45) is 0 Å². The van der Waals surface area contributed by atoms with Gasteiger partial charge in [-0.1, -0.05) is 46.4 Å². The van der Waals surface area contributed by atoms with E-state index in [9.17, 15) is 0 Å². The Kier molecular flexibility index (Phi) is 4.23. The SMILES string of the molecule is COc1c(Cl)cncc1-c1c(Cl)ccc(Cl)c1Cl. The second kappa shape index (κ2) is 5.54. The summed E-state index contributed by atoms with van der Waals surface area (Å²) < 4.78 is 5.25. The van der Waals surface area contributed by atoms with Crippen LogP contribution < -0.4 is 4.74 Å². The maximum absolute atomic E-state index is 6.17. The first-order valence-corrected chi connectivity index (χ1v) is 6.38. The molecule has 94 valence electrons. The third-order valence-corrected chi connectivity index (χ3v) is 3.76. The normalized spacial score (nSPS) is 10.5. The van der Waals surface area contributed by atoms with Crippen LogP contribution in [0.2, 0.25) is 20.1 Å². The largest absolute Gasteiger partial charge is 0.494 e. The lowest BCUT2D eigenvalue weighted by atomic mass is 10.1. The van der Waals surface area contributed by atoms with Crippen LogP contribution >= 0.6 is 46.4 Å². The van der Waals surface area contributed by atoms with Crippen molar-refractivity contribution in [3.63, 3.8) is 0 Å². The highest BCUT2D eigenvalue weighted by Crippen LogP contribution is 2.44. The molecule has 0 fully saturated rings. The van der Waals surface area contributed by atoms with Crippen molar-refractivity contribution in [3.05, 3.63) is 44.6 Å². The highest BCUT2D eigenvalue weighted by molar-refractivity contribution is 6.46. The minimum atomic E-state index is 0.339. The van der Waals surface area contributed by atoms with E-state index in [1.165, 1.54) is 13.3 Å². The highest BCUT2D eigenvalue weighted by atomic mass is 35.5. The highest BCUT2D eigenvalue weighted by Gasteiger charge is 2.17. The molecule has 18 heavy (non-hydrogen) atoms. The van der Waals surface area contributed by atoms with Gasteiger partial charge in [0.05, 0.1) is 22.2 Å². The molecule has 0 radical (unpaired) electrons. The molecule has 0 spiro atoms. The van der Waals surface area contributed by atoms with Gasteiger partial charge in [-0.25, -0.2) is 0 Å². The van der Waals surface area contributed by atoms with E-state index in [2.05, 4.69) is 4.98 Å². The molecular formula is C12H7Cl4NO. The van der Waals surface area contributed by atoms with Gasteiger partial charge in [-0.15, -0.1) is 0 Å². The van der Waals surface area contributed by atoms with Crippen molar-refractivity contribution in [2.75, 3.05) is 7.11 Å². The average Bonchev–Trinajstić information content (AvgIpc) is 2.35. The summed E-state index contributed by atoms with van der Waals surface area (Å²) in [7, 11) is 1.51. The van der Waals surface area contributed by atoms with Gasteiger partial charge in [-0.3, -0.25) is 4.98 Å². The standard InChI is InChI=1S/C12H7Cl4NO/c1-18-12-6(4-17-5-9(12)15)10-7(13)2-3-8(14)11(10)16/h2-5H,1H3. The van der Waals surface area contributed by atoms with Crippen molar-refractivity contribution in [1.82, 2.24) is 4.98 Å². The summed E-state index contributed by atoms with van der Waals surface area (Å²) >= 11 is 24.3. The third kappa shape index (κ3) is 2.39. The molecule has 1 heterocycles.